The number of H-pyrrole nitrogens is 1. The average Bonchev–Trinajstić information content (AvgIpc) is 3.65. The Labute approximate surface area is 268 Å². The number of hydrogen-bond donors (Lipinski definition) is 3. The van der Waals surface area contributed by atoms with E-state index in [9.17, 15) is 14.4 Å². The Kier molecular flexibility index (Phi) is 10.2. The molecular formula is C36H39N5O5. The number of carbonyl (C=O) groups is 3. The molecule has 238 valence electrons. The summed E-state index contributed by atoms with van der Waals surface area (Å²) in [5, 5.41) is 6.54. The standard InChI is InChI=1S/C36H39N5O5/c1-36(2,3)46-35(44)40-31(19-28-21-37-24-41(28)22-25-12-6-4-7-13-25)33(42)39-32(34(43)45-23-26-14-8-5-9-15-26)18-27-20-38-30-17-11-10-16-29(27)30/h4-17,20-21,24,31-32,38H,18-19,22-23H2,1-3H3,(H,39,42)(H,40,44). The molecule has 3 N–H and O–H groups in total. The van der Waals surface area contributed by atoms with Gasteiger partial charge in [-0.3, -0.25) is 4.79 Å². The molecule has 0 saturated carbocycles. The predicted octanol–water partition coefficient (Wildman–Crippen LogP) is 5.32. The fraction of sp³-hybridized carbons (Fsp3) is 0.278. The molecule has 5 aromatic rings. The number of aromatic nitrogens is 3. The van der Waals surface area contributed by atoms with Crippen molar-refractivity contribution in [2.45, 2.75) is 64.4 Å². The number of benzene rings is 3. The number of nitrogens with one attached hydrogen (secondary N) is 3. The summed E-state index contributed by atoms with van der Waals surface area (Å²) in [6, 6.07) is 24.8. The second kappa shape index (κ2) is 14.6. The lowest BCUT2D eigenvalue weighted by Crippen LogP contribution is -2.54. The number of aromatic amines is 1. The number of fused-ring (bicyclic) bond motifs is 1. The molecule has 0 spiro atoms. The minimum absolute atomic E-state index is 0.0538. The molecule has 5 rings (SSSR count). The second-order valence-corrected chi connectivity index (χ2v) is 12.1. The van der Waals surface area contributed by atoms with Crippen molar-refractivity contribution in [3.8, 4) is 0 Å². The van der Waals surface area contributed by atoms with Crippen LogP contribution in [0.1, 0.15) is 43.2 Å². The van der Waals surface area contributed by atoms with Crippen LogP contribution in [0.15, 0.2) is 104 Å². The van der Waals surface area contributed by atoms with Crippen LogP contribution in [-0.4, -0.2) is 50.2 Å². The van der Waals surface area contributed by atoms with E-state index < -0.39 is 35.7 Å². The lowest BCUT2D eigenvalue weighted by atomic mass is 10.0. The third kappa shape index (κ3) is 8.84. The number of carbonyl (C=O) groups excluding carboxylic acids is 3. The first-order valence-corrected chi connectivity index (χ1v) is 15.2. The van der Waals surface area contributed by atoms with Crippen LogP contribution in [0.3, 0.4) is 0 Å². The van der Waals surface area contributed by atoms with E-state index >= 15 is 0 Å². The molecule has 2 atom stereocenters. The van der Waals surface area contributed by atoms with Gasteiger partial charge in [0.2, 0.25) is 5.91 Å². The number of para-hydroxylation sites is 1. The summed E-state index contributed by atoms with van der Waals surface area (Å²) in [5.41, 5.74) is 3.58. The Balaban J connectivity index is 1.39. The highest BCUT2D eigenvalue weighted by molar-refractivity contribution is 5.91. The lowest BCUT2D eigenvalue weighted by Gasteiger charge is -2.25. The molecule has 0 radical (unpaired) electrons. The molecule has 10 heteroatoms. The summed E-state index contributed by atoms with van der Waals surface area (Å²) in [5.74, 6) is -1.15. The van der Waals surface area contributed by atoms with E-state index in [1.165, 1.54) is 0 Å². The van der Waals surface area contributed by atoms with Crippen molar-refractivity contribution in [1.82, 2.24) is 25.2 Å². The van der Waals surface area contributed by atoms with Crippen LogP contribution in [0, 0.1) is 0 Å². The molecule has 0 aliphatic heterocycles. The van der Waals surface area contributed by atoms with Crippen molar-refractivity contribution in [2.75, 3.05) is 0 Å². The van der Waals surface area contributed by atoms with Crippen molar-refractivity contribution >= 4 is 28.9 Å². The van der Waals surface area contributed by atoms with Gasteiger partial charge in [-0.05, 0) is 43.5 Å². The monoisotopic (exact) mass is 621 g/mol. The van der Waals surface area contributed by atoms with Crippen LogP contribution in [0.4, 0.5) is 4.79 Å². The van der Waals surface area contributed by atoms with E-state index in [2.05, 4.69) is 20.6 Å². The summed E-state index contributed by atoms with van der Waals surface area (Å²) in [6.07, 6.45) is 4.71. The molecule has 2 heterocycles. The smallest absolute Gasteiger partial charge is 0.408 e. The van der Waals surface area contributed by atoms with Crippen LogP contribution in [0.25, 0.3) is 10.9 Å². The van der Waals surface area contributed by atoms with Crippen LogP contribution in [-0.2, 0) is 45.1 Å². The Morgan fingerprint density at radius 3 is 2.24 bits per heavy atom. The van der Waals surface area contributed by atoms with Gasteiger partial charge < -0.3 is 29.7 Å². The summed E-state index contributed by atoms with van der Waals surface area (Å²) in [4.78, 5) is 48.0. The van der Waals surface area contributed by atoms with Crippen LogP contribution >= 0.6 is 0 Å². The van der Waals surface area contributed by atoms with Gasteiger partial charge in [-0.1, -0.05) is 78.9 Å². The quantitative estimate of drug-likeness (QED) is 0.162. The highest BCUT2D eigenvalue weighted by Crippen LogP contribution is 2.20. The van der Waals surface area contributed by atoms with Crippen molar-refractivity contribution in [1.29, 1.82) is 0 Å². The molecule has 0 aliphatic carbocycles. The van der Waals surface area contributed by atoms with Crippen LogP contribution in [0.2, 0.25) is 0 Å². The molecule has 2 aromatic heterocycles. The fourth-order valence-corrected chi connectivity index (χ4v) is 5.12. The maximum absolute atomic E-state index is 14.0. The van der Waals surface area contributed by atoms with E-state index in [0.717, 1.165) is 33.3 Å². The van der Waals surface area contributed by atoms with Gasteiger partial charge in [0.15, 0.2) is 0 Å². The predicted molar refractivity (Wildman–Crippen MR) is 175 cm³/mol. The minimum Gasteiger partial charge on any atom is -0.459 e. The molecule has 3 aromatic carbocycles. The Morgan fingerprint density at radius 2 is 1.52 bits per heavy atom. The van der Waals surface area contributed by atoms with Gasteiger partial charge in [0.25, 0.3) is 0 Å². The van der Waals surface area contributed by atoms with Crippen molar-refractivity contribution in [2.24, 2.45) is 0 Å². The van der Waals surface area contributed by atoms with Gasteiger partial charge in [0.1, 0.15) is 24.3 Å². The van der Waals surface area contributed by atoms with Crippen LogP contribution in [0.5, 0.6) is 0 Å². The van der Waals surface area contributed by atoms with Gasteiger partial charge in [-0.15, -0.1) is 0 Å². The average molecular weight is 622 g/mol. The first kappa shape index (κ1) is 32.0. The fourth-order valence-electron chi connectivity index (χ4n) is 5.12. The summed E-state index contributed by atoms with van der Waals surface area (Å²) in [7, 11) is 0. The third-order valence-corrected chi connectivity index (χ3v) is 7.34. The van der Waals surface area contributed by atoms with Crippen molar-refractivity contribution in [3.63, 3.8) is 0 Å². The number of ether oxygens (including phenoxy) is 2. The normalized spacial score (nSPS) is 12.7. The highest BCUT2D eigenvalue weighted by atomic mass is 16.6. The van der Waals surface area contributed by atoms with Gasteiger partial charge in [0, 0.05) is 48.4 Å². The number of alkyl carbamates (subject to hydrolysis) is 1. The number of rotatable bonds is 12. The SMILES string of the molecule is CC(C)(C)OC(=O)NC(Cc1cncn1Cc1ccccc1)C(=O)NC(Cc1c[nH]c2ccccc12)C(=O)OCc1ccccc1. The van der Waals surface area contributed by atoms with Gasteiger partial charge in [-0.25, -0.2) is 14.6 Å². The number of imidazole rings is 1. The topological polar surface area (TPSA) is 127 Å². The van der Waals surface area contributed by atoms with E-state index in [-0.39, 0.29) is 19.4 Å². The number of amides is 2. The second-order valence-electron chi connectivity index (χ2n) is 12.1. The zero-order chi connectivity index (χ0) is 32.5. The number of hydrogen-bond acceptors (Lipinski definition) is 6. The molecule has 10 nitrogen and oxygen atoms in total. The molecule has 46 heavy (non-hydrogen) atoms. The maximum atomic E-state index is 14.0. The zero-order valence-corrected chi connectivity index (χ0v) is 26.2. The Bertz CT molecular complexity index is 1760. The highest BCUT2D eigenvalue weighted by Gasteiger charge is 2.31. The van der Waals surface area contributed by atoms with Gasteiger partial charge in [-0.2, -0.15) is 0 Å². The molecule has 2 amide bonds. The molecule has 0 bridgehead atoms. The summed E-state index contributed by atoms with van der Waals surface area (Å²) < 4.78 is 13.1. The maximum Gasteiger partial charge on any atom is 0.408 e. The molecule has 0 aliphatic rings. The van der Waals surface area contributed by atoms with Gasteiger partial charge >= 0.3 is 12.1 Å². The number of nitrogens with zero attached hydrogens (tertiary/aromatic N) is 2. The third-order valence-electron chi connectivity index (χ3n) is 7.34. The molecule has 0 fully saturated rings. The largest absolute Gasteiger partial charge is 0.459 e. The molecular weight excluding hydrogens is 582 g/mol. The zero-order valence-electron chi connectivity index (χ0n) is 26.2. The summed E-state index contributed by atoms with van der Waals surface area (Å²) in [6.45, 7) is 5.83. The molecule has 0 saturated heterocycles. The van der Waals surface area contributed by atoms with Crippen molar-refractivity contribution < 1.29 is 23.9 Å². The van der Waals surface area contributed by atoms with Gasteiger partial charge in [0.05, 0.1) is 6.33 Å². The van der Waals surface area contributed by atoms with E-state index in [1.807, 2.05) is 95.7 Å². The van der Waals surface area contributed by atoms with Crippen LogP contribution < -0.4 is 10.6 Å². The Hall–Kier alpha value is -5.38. The van der Waals surface area contributed by atoms with E-state index in [1.54, 1.807) is 33.3 Å². The molecule has 2 unspecified atom stereocenters. The first-order chi connectivity index (χ1) is 22.1. The lowest BCUT2D eigenvalue weighted by molar-refractivity contribution is -0.149. The van der Waals surface area contributed by atoms with E-state index in [0.29, 0.717) is 6.54 Å². The van der Waals surface area contributed by atoms with E-state index in [4.69, 9.17) is 9.47 Å². The Morgan fingerprint density at radius 1 is 0.848 bits per heavy atom. The van der Waals surface area contributed by atoms with Crippen molar-refractivity contribution in [3.05, 3.63) is 126 Å². The minimum atomic E-state index is -1.08. The first-order valence-electron chi connectivity index (χ1n) is 15.2. The summed E-state index contributed by atoms with van der Waals surface area (Å²) >= 11 is 0. The number of esters is 1.